The average molecular weight is 271 g/mol. The zero-order valence-corrected chi connectivity index (χ0v) is 12.4. The summed E-state index contributed by atoms with van der Waals surface area (Å²) >= 11 is 0. The maximum atomic E-state index is 14.0. The van der Waals surface area contributed by atoms with Gasteiger partial charge in [0.25, 0.3) is 0 Å². The minimum Gasteiger partial charge on any atom is -0.320 e. The number of halogens is 1. The van der Waals surface area contributed by atoms with E-state index in [2.05, 4.69) is 26.0 Å². The van der Waals surface area contributed by atoms with Crippen LogP contribution in [0.15, 0.2) is 42.5 Å². The minimum absolute atomic E-state index is 0.233. The Balaban J connectivity index is 2.22. The lowest BCUT2D eigenvalue weighted by Crippen LogP contribution is -2.13. The van der Waals surface area contributed by atoms with Crippen molar-refractivity contribution < 1.29 is 4.39 Å². The van der Waals surface area contributed by atoms with Crippen LogP contribution < -0.4 is 5.73 Å². The third-order valence-corrected chi connectivity index (χ3v) is 3.47. The van der Waals surface area contributed by atoms with Crippen LogP contribution in [0.4, 0.5) is 4.39 Å². The number of hydrogen-bond acceptors (Lipinski definition) is 1. The maximum absolute atomic E-state index is 14.0. The quantitative estimate of drug-likeness (QED) is 0.877. The largest absolute Gasteiger partial charge is 0.320 e. The van der Waals surface area contributed by atoms with Gasteiger partial charge in [0.1, 0.15) is 5.82 Å². The SMILES string of the molecule is Cc1ccc(C(N)c2ccc(CC(C)C)cc2)c(F)c1. The third-order valence-electron chi connectivity index (χ3n) is 3.47. The molecule has 0 aromatic heterocycles. The van der Waals surface area contributed by atoms with E-state index < -0.39 is 6.04 Å². The summed E-state index contributed by atoms with van der Waals surface area (Å²) in [5, 5.41) is 0. The molecule has 106 valence electrons. The average Bonchev–Trinajstić information content (AvgIpc) is 2.38. The lowest BCUT2D eigenvalue weighted by molar-refractivity contribution is 0.598. The molecule has 0 amide bonds. The van der Waals surface area contributed by atoms with E-state index in [9.17, 15) is 4.39 Å². The lowest BCUT2D eigenvalue weighted by atomic mass is 9.95. The molecule has 0 saturated carbocycles. The summed E-state index contributed by atoms with van der Waals surface area (Å²) in [6.07, 6.45) is 1.05. The van der Waals surface area contributed by atoms with Gasteiger partial charge in [-0.1, -0.05) is 50.2 Å². The molecule has 1 atom stereocenters. The number of hydrogen-bond donors (Lipinski definition) is 1. The second-order valence-corrected chi connectivity index (χ2v) is 5.84. The first kappa shape index (κ1) is 14.7. The topological polar surface area (TPSA) is 26.0 Å². The molecular formula is C18H22FN. The van der Waals surface area contributed by atoms with Crippen LogP contribution in [-0.4, -0.2) is 0 Å². The van der Waals surface area contributed by atoms with Gasteiger partial charge >= 0.3 is 0 Å². The normalized spacial score (nSPS) is 12.7. The van der Waals surface area contributed by atoms with Gasteiger partial charge in [-0.15, -0.1) is 0 Å². The molecule has 2 heteroatoms. The Hall–Kier alpha value is -1.67. The van der Waals surface area contributed by atoms with Gasteiger partial charge in [0.05, 0.1) is 6.04 Å². The van der Waals surface area contributed by atoms with Crippen LogP contribution in [0.5, 0.6) is 0 Å². The van der Waals surface area contributed by atoms with E-state index in [4.69, 9.17) is 5.73 Å². The second kappa shape index (κ2) is 6.19. The van der Waals surface area contributed by atoms with E-state index in [1.807, 2.05) is 25.1 Å². The van der Waals surface area contributed by atoms with Crippen LogP contribution in [0.3, 0.4) is 0 Å². The van der Waals surface area contributed by atoms with Crippen LogP contribution >= 0.6 is 0 Å². The first-order valence-corrected chi connectivity index (χ1v) is 7.08. The van der Waals surface area contributed by atoms with Crippen molar-refractivity contribution in [1.82, 2.24) is 0 Å². The van der Waals surface area contributed by atoms with E-state index in [0.717, 1.165) is 17.5 Å². The molecular weight excluding hydrogens is 249 g/mol. The van der Waals surface area contributed by atoms with Gasteiger partial charge < -0.3 is 5.73 Å². The highest BCUT2D eigenvalue weighted by molar-refractivity contribution is 5.35. The van der Waals surface area contributed by atoms with Crippen molar-refractivity contribution in [2.45, 2.75) is 33.2 Å². The second-order valence-electron chi connectivity index (χ2n) is 5.84. The van der Waals surface area contributed by atoms with Gasteiger partial charge in [0.15, 0.2) is 0 Å². The van der Waals surface area contributed by atoms with Crippen molar-refractivity contribution in [2.24, 2.45) is 11.7 Å². The Bertz CT molecular complexity index is 572. The van der Waals surface area contributed by atoms with Crippen molar-refractivity contribution in [3.63, 3.8) is 0 Å². The molecule has 0 aliphatic rings. The van der Waals surface area contributed by atoms with Crippen LogP contribution in [0.2, 0.25) is 0 Å². The van der Waals surface area contributed by atoms with Gasteiger partial charge in [-0.3, -0.25) is 0 Å². The van der Waals surface area contributed by atoms with Crippen molar-refractivity contribution in [3.05, 3.63) is 70.5 Å². The summed E-state index contributed by atoms with van der Waals surface area (Å²) in [4.78, 5) is 0. The van der Waals surface area contributed by atoms with E-state index >= 15 is 0 Å². The van der Waals surface area contributed by atoms with Gasteiger partial charge in [0.2, 0.25) is 0 Å². The number of rotatable bonds is 4. The molecule has 0 aliphatic heterocycles. The first-order valence-electron chi connectivity index (χ1n) is 7.08. The Labute approximate surface area is 120 Å². The molecule has 0 spiro atoms. The van der Waals surface area contributed by atoms with E-state index in [1.54, 1.807) is 6.07 Å². The van der Waals surface area contributed by atoms with Gasteiger partial charge in [0, 0.05) is 5.56 Å². The fourth-order valence-electron chi connectivity index (χ4n) is 2.40. The molecule has 2 aromatic carbocycles. The number of aryl methyl sites for hydroxylation is 1. The fourth-order valence-corrected chi connectivity index (χ4v) is 2.40. The monoisotopic (exact) mass is 271 g/mol. The maximum Gasteiger partial charge on any atom is 0.128 e. The molecule has 2 N–H and O–H groups in total. The number of nitrogens with two attached hydrogens (primary N) is 1. The Morgan fingerprint density at radius 3 is 2.25 bits per heavy atom. The van der Waals surface area contributed by atoms with Gasteiger partial charge in [-0.05, 0) is 42.0 Å². The number of benzene rings is 2. The standard InChI is InChI=1S/C18H22FN/c1-12(2)10-14-5-7-15(8-6-14)18(20)16-9-4-13(3)11-17(16)19/h4-9,11-12,18H,10,20H2,1-3H3. The summed E-state index contributed by atoms with van der Waals surface area (Å²) in [5.74, 6) is 0.396. The Morgan fingerprint density at radius 2 is 1.70 bits per heavy atom. The molecule has 2 rings (SSSR count). The highest BCUT2D eigenvalue weighted by Gasteiger charge is 2.13. The van der Waals surface area contributed by atoms with E-state index in [1.165, 1.54) is 11.6 Å². The summed E-state index contributed by atoms with van der Waals surface area (Å²) < 4.78 is 14.0. The Kier molecular flexibility index (Phi) is 4.56. The van der Waals surface area contributed by atoms with Crippen LogP contribution in [-0.2, 0) is 6.42 Å². The zero-order chi connectivity index (χ0) is 14.7. The summed E-state index contributed by atoms with van der Waals surface area (Å²) in [5.41, 5.74) is 9.87. The molecule has 0 radical (unpaired) electrons. The molecule has 1 unspecified atom stereocenters. The molecule has 0 saturated heterocycles. The molecule has 0 heterocycles. The van der Waals surface area contributed by atoms with Crippen LogP contribution in [0.25, 0.3) is 0 Å². The minimum atomic E-state index is -0.413. The highest BCUT2D eigenvalue weighted by Crippen LogP contribution is 2.23. The predicted molar refractivity (Wildman–Crippen MR) is 82.2 cm³/mol. The summed E-state index contributed by atoms with van der Waals surface area (Å²) in [7, 11) is 0. The van der Waals surface area contributed by atoms with Crippen LogP contribution in [0.1, 0.15) is 42.1 Å². The van der Waals surface area contributed by atoms with Crippen molar-refractivity contribution in [2.75, 3.05) is 0 Å². The molecule has 0 fully saturated rings. The molecule has 20 heavy (non-hydrogen) atoms. The molecule has 0 aliphatic carbocycles. The molecule has 2 aromatic rings. The lowest BCUT2D eigenvalue weighted by Gasteiger charge is -2.15. The predicted octanol–water partition coefficient (Wildman–Crippen LogP) is 4.38. The van der Waals surface area contributed by atoms with Crippen molar-refractivity contribution in [1.29, 1.82) is 0 Å². The zero-order valence-electron chi connectivity index (χ0n) is 12.4. The molecule has 0 bridgehead atoms. The van der Waals surface area contributed by atoms with Gasteiger partial charge in [-0.2, -0.15) is 0 Å². The summed E-state index contributed by atoms with van der Waals surface area (Å²) in [6, 6.07) is 13.0. The molecule has 1 nitrogen and oxygen atoms in total. The summed E-state index contributed by atoms with van der Waals surface area (Å²) in [6.45, 7) is 6.27. The van der Waals surface area contributed by atoms with Crippen molar-refractivity contribution in [3.8, 4) is 0 Å². The Morgan fingerprint density at radius 1 is 1.05 bits per heavy atom. The van der Waals surface area contributed by atoms with E-state index in [0.29, 0.717) is 11.5 Å². The first-order chi connectivity index (χ1) is 9.47. The van der Waals surface area contributed by atoms with Crippen LogP contribution in [0, 0.1) is 18.7 Å². The third kappa shape index (κ3) is 3.45. The van der Waals surface area contributed by atoms with Gasteiger partial charge in [-0.25, -0.2) is 4.39 Å². The van der Waals surface area contributed by atoms with Crippen molar-refractivity contribution >= 4 is 0 Å². The fraction of sp³-hybridized carbons (Fsp3) is 0.333. The van der Waals surface area contributed by atoms with E-state index in [-0.39, 0.29) is 5.82 Å². The highest BCUT2D eigenvalue weighted by atomic mass is 19.1. The smallest absolute Gasteiger partial charge is 0.128 e.